The lowest BCUT2D eigenvalue weighted by Gasteiger charge is -2.05. The van der Waals surface area contributed by atoms with Gasteiger partial charge in [-0.1, -0.05) is 26.7 Å². The van der Waals surface area contributed by atoms with Crippen molar-refractivity contribution in [2.45, 2.75) is 44.7 Å². The summed E-state index contributed by atoms with van der Waals surface area (Å²) >= 11 is 0. The number of rotatable bonds is 8. The maximum absolute atomic E-state index is 11.8. The highest BCUT2D eigenvalue weighted by molar-refractivity contribution is 7.89. The number of furan rings is 1. The maximum atomic E-state index is 11.8. The van der Waals surface area contributed by atoms with Crippen molar-refractivity contribution in [3.05, 3.63) is 17.9 Å². The predicted molar refractivity (Wildman–Crippen MR) is 70.5 cm³/mol. The van der Waals surface area contributed by atoms with Crippen LogP contribution in [0.4, 0.5) is 0 Å². The van der Waals surface area contributed by atoms with Gasteiger partial charge in [0.25, 0.3) is 10.0 Å². The van der Waals surface area contributed by atoms with E-state index in [9.17, 15) is 8.42 Å². The summed E-state index contributed by atoms with van der Waals surface area (Å²) in [6.07, 6.45) is 2.97. The SMILES string of the molecule is CC(C)CCCCNS(=O)(=O)c1ccc(CN)o1. The summed E-state index contributed by atoms with van der Waals surface area (Å²) in [6, 6.07) is 3.01. The Morgan fingerprint density at radius 2 is 2.06 bits per heavy atom. The smallest absolute Gasteiger partial charge is 0.273 e. The van der Waals surface area contributed by atoms with E-state index in [1.54, 1.807) is 6.07 Å². The van der Waals surface area contributed by atoms with Crippen LogP contribution < -0.4 is 10.5 Å². The van der Waals surface area contributed by atoms with Crippen molar-refractivity contribution < 1.29 is 12.8 Å². The van der Waals surface area contributed by atoms with E-state index in [-0.39, 0.29) is 11.6 Å². The van der Waals surface area contributed by atoms with E-state index in [4.69, 9.17) is 10.2 Å². The number of unbranched alkanes of at least 4 members (excludes halogenated alkanes) is 1. The quantitative estimate of drug-likeness (QED) is 0.708. The van der Waals surface area contributed by atoms with E-state index in [0.29, 0.717) is 18.2 Å². The average molecular weight is 274 g/mol. The average Bonchev–Trinajstić information content (AvgIpc) is 2.77. The lowest BCUT2D eigenvalue weighted by molar-refractivity contribution is 0.412. The van der Waals surface area contributed by atoms with E-state index in [1.807, 2.05) is 0 Å². The number of hydrogen-bond donors (Lipinski definition) is 2. The van der Waals surface area contributed by atoms with Crippen LogP contribution in [0.15, 0.2) is 21.6 Å². The summed E-state index contributed by atoms with van der Waals surface area (Å²) in [5.41, 5.74) is 5.37. The first kappa shape index (κ1) is 15.2. The molecule has 0 aromatic carbocycles. The van der Waals surface area contributed by atoms with Gasteiger partial charge in [0.05, 0.1) is 6.54 Å². The standard InChI is InChI=1S/C12H22N2O3S/c1-10(2)5-3-4-8-14-18(15,16)12-7-6-11(9-13)17-12/h6-7,10,14H,3-5,8-9,13H2,1-2H3. The molecule has 1 rings (SSSR count). The molecule has 0 atom stereocenters. The zero-order valence-electron chi connectivity index (χ0n) is 11.0. The van der Waals surface area contributed by atoms with Gasteiger partial charge in [-0.15, -0.1) is 0 Å². The molecule has 0 bridgehead atoms. The molecule has 3 N–H and O–H groups in total. The third-order valence-electron chi connectivity index (χ3n) is 2.60. The van der Waals surface area contributed by atoms with Gasteiger partial charge in [-0.25, -0.2) is 13.1 Å². The second-order valence-corrected chi connectivity index (χ2v) is 6.41. The molecule has 0 saturated heterocycles. The molecule has 0 aliphatic carbocycles. The van der Waals surface area contributed by atoms with E-state index in [2.05, 4.69) is 18.6 Å². The fourth-order valence-corrected chi connectivity index (χ4v) is 2.59. The number of sulfonamides is 1. The summed E-state index contributed by atoms with van der Waals surface area (Å²) < 4.78 is 31.3. The van der Waals surface area contributed by atoms with Crippen molar-refractivity contribution in [2.75, 3.05) is 6.54 Å². The van der Waals surface area contributed by atoms with Crippen LogP contribution >= 0.6 is 0 Å². The van der Waals surface area contributed by atoms with Gasteiger partial charge in [0, 0.05) is 6.54 Å². The molecule has 0 fully saturated rings. The molecule has 1 heterocycles. The fourth-order valence-electron chi connectivity index (χ4n) is 1.57. The summed E-state index contributed by atoms with van der Waals surface area (Å²) in [5.74, 6) is 1.12. The highest BCUT2D eigenvalue weighted by Gasteiger charge is 2.17. The van der Waals surface area contributed by atoms with Crippen LogP contribution in [-0.2, 0) is 16.6 Å². The molecule has 0 aliphatic heterocycles. The summed E-state index contributed by atoms with van der Waals surface area (Å²) in [6.45, 7) is 4.94. The third-order valence-corrected chi connectivity index (χ3v) is 3.94. The lowest BCUT2D eigenvalue weighted by atomic mass is 10.1. The minimum Gasteiger partial charge on any atom is -0.447 e. The molecule has 0 aliphatic rings. The van der Waals surface area contributed by atoms with E-state index in [1.165, 1.54) is 6.07 Å². The first-order valence-electron chi connectivity index (χ1n) is 6.24. The first-order valence-corrected chi connectivity index (χ1v) is 7.72. The largest absolute Gasteiger partial charge is 0.447 e. The topological polar surface area (TPSA) is 85.3 Å². The predicted octanol–water partition coefficient (Wildman–Crippen LogP) is 1.84. The lowest BCUT2D eigenvalue weighted by Crippen LogP contribution is -2.24. The molecule has 6 heteroatoms. The molecular formula is C12H22N2O3S. The molecule has 0 spiro atoms. The number of nitrogens with one attached hydrogen (secondary N) is 1. The second-order valence-electron chi connectivity index (χ2n) is 4.71. The Bertz CT molecular complexity index is 452. The first-order chi connectivity index (χ1) is 8.45. The van der Waals surface area contributed by atoms with Gasteiger partial charge in [0.15, 0.2) is 0 Å². The highest BCUT2D eigenvalue weighted by atomic mass is 32.2. The monoisotopic (exact) mass is 274 g/mol. The molecule has 1 aromatic rings. The van der Waals surface area contributed by atoms with Crippen LogP contribution in [0.2, 0.25) is 0 Å². The Kier molecular flexibility index (Phi) is 5.84. The van der Waals surface area contributed by atoms with Crippen molar-refractivity contribution in [3.8, 4) is 0 Å². The molecule has 0 unspecified atom stereocenters. The zero-order valence-corrected chi connectivity index (χ0v) is 11.8. The molecule has 18 heavy (non-hydrogen) atoms. The highest BCUT2D eigenvalue weighted by Crippen LogP contribution is 2.13. The zero-order chi connectivity index (χ0) is 13.6. The van der Waals surface area contributed by atoms with Crippen LogP contribution in [-0.4, -0.2) is 15.0 Å². The van der Waals surface area contributed by atoms with Crippen molar-refractivity contribution in [1.29, 1.82) is 0 Å². The van der Waals surface area contributed by atoms with Gasteiger partial charge in [-0.05, 0) is 24.5 Å². The van der Waals surface area contributed by atoms with E-state index < -0.39 is 10.0 Å². The Morgan fingerprint density at radius 3 is 2.61 bits per heavy atom. The number of hydrogen-bond acceptors (Lipinski definition) is 4. The summed E-state index contributed by atoms with van der Waals surface area (Å²) in [7, 11) is -3.52. The summed E-state index contributed by atoms with van der Waals surface area (Å²) in [4.78, 5) is 0. The van der Waals surface area contributed by atoms with E-state index >= 15 is 0 Å². The van der Waals surface area contributed by atoms with Crippen LogP contribution in [0.1, 0.15) is 38.9 Å². The molecule has 5 nitrogen and oxygen atoms in total. The van der Waals surface area contributed by atoms with Crippen LogP contribution in [0.5, 0.6) is 0 Å². The minimum absolute atomic E-state index is 0.0631. The van der Waals surface area contributed by atoms with Gasteiger partial charge < -0.3 is 10.2 Å². The van der Waals surface area contributed by atoms with E-state index in [0.717, 1.165) is 19.3 Å². The van der Waals surface area contributed by atoms with Crippen molar-refractivity contribution in [2.24, 2.45) is 11.7 Å². The fraction of sp³-hybridized carbons (Fsp3) is 0.667. The normalized spacial score (nSPS) is 12.2. The minimum atomic E-state index is -3.52. The molecular weight excluding hydrogens is 252 g/mol. The van der Waals surface area contributed by atoms with Gasteiger partial charge in [-0.3, -0.25) is 0 Å². The van der Waals surface area contributed by atoms with Gasteiger partial charge in [0.2, 0.25) is 5.09 Å². The molecule has 1 aromatic heterocycles. The van der Waals surface area contributed by atoms with Gasteiger partial charge >= 0.3 is 0 Å². The maximum Gasteiger partial charge on any atom is 0.273 e. The van der Waals surface area contributed by atoms with Crippen molar-refractivity contribution in [1.82, 2.24) is 4.72 Å². The molecule has 0 saturated carbocycles. The van der Waals surface area contributed by atoms with Gasteiger partial charge in [0.1, 0.15) is 5.76 Å². The number of nitrogens with two attached hydrogens (primary N) is 1. The Morgan fingerprint density at radius 1 is 1.33 bits per heavy atom. The van der Waals surface area contributed by atoms with Crippen LogP contribution in [0.3, 0.4) is 0 Å². The Hall–Kier alpha value is -0.850. The van der Waals surface area contributed by atoms with Crippen LogP contribution in [0, 0.1) is 5.92 Å². The van der Waals surface area contributed by atoms with Crippen LogP contribution in [0.25, 0.3) is 0 Å². The summed E-state index contributed by atoms with van der Waals surface area (Å²) in [5, 5.41) is -0.0631. The van der Waals surface area contributed by atoms with Crippen molar-refractivity contribution >= 4 is 10.0 Å². The third kappa shape index (κ3) is 4.80. The Balaban J connectivity index is 2.40. The van der Waals surface area contributed by atoms with Gasteiger partial charge in [-0.2, -0.15) is 0 Å². The molecule has 104 valence electrons. The molecule has 0 amide bonds. The van der Waals surface area contributed by atoms with Crippen molar-refractivity contribution in [3.63, 3.8) is 0 Å². The molecule has 0 radical (unpaired) electrons. The Labute approximate surface area is 109 Å². The second kappa shape index (κ2) is 6.92.